The van der Waals surface area contributed by atoms with Crippen molar-refractivity contribution in [3.05, 3.63) is 46.4 Å². The SMILES string of the molecule is Nc1cc(-c2ccc(Cl)cc2N)ccc1Cl. The lowest BCUT2D eigenvalue weighted by Crippen LogP contribution is -1.92. The van der Waals surface area contributed by atoms with Crippen molar-refractivity contribution in [2.45, 2.75) is 0 Å². The van der Waals surface area contributed by atoms with Crippen LogP contribution in [0, 0.1) is 0 Å². The zero-order chi connectivity index (χ0) is 11.7. The van der Waals surface area contributed by atoms with Crippen LogP contribution in [0.5, 0.6) is 0 Å². The van der Waals surface area contributed by atoms with Gasteiger partial charge in [0.25, 0.3) is 0 Å². The number of anilines is 2. The molecular weight excluding hydrogens is 243 g/mol. The van der Waals surface area contributed by atoms with E-state index in [0.29, 0.717) is 21.4 Å². The third kappa shape index (κ3) is 2.08. The van der Waals surface area contributed by atoms with Crippen LogP contribution in [0.15, 0.2) is 36.4 Å². The first kappa shape index (κ1) is 11.1. The molecule has 0 heterocycles. The first-order valence-electron chi connectivity index (χ1n) is 4.68. The minimum atomic E-state index is 0.536. The van der Waals surface area contributed by atoms with E-state index in [0.717, 1.165) is 11.1 Å². The highest BCUT2D eigenvalue weighted by molar-refractivity contribution is 6.33. The summed E-state index contributed by atoms with van der Waals surface area (Å²) in [6.07, 6.45) is 0. The molecule has 0 bridgehead atoms. The monoisotopic (exact) mass is 252 g/mol. The highest BCUT2D eigenvalue weighted by atomic mass is 35.5. The predicted molar refractivity (Wildman–Crippen MR) is 70.7 cm³/mol. The first-order chi connectivity index (χ1) is 7.58. The third-order valence-corrected chi connectivity index (χ3v) is 2.90. The summed E-state index contributed by atoms with van der Waals surface area (Å²) in [4.78, 5) is 0. The molecule has 2 rings (SSSR count). The van der Waals surface area contributed by atoms with E-state index in [4.69, 9.17) is 34.7 Å². The van der Waals surface area contributed by atoms with E-state index in [2.05, 4.69) is 0 Å². The van der Waals surface area contributed by atoms with Crippen molar-refractivity contribution in [3.8, 4) is 11.1 Å². The summed E-state index contributed by atoms with van der Waals surface area (Å²) in [7, 11) is 0. The van der Waals surface area contributed by atoms with Gasteiger partial charge in [-0.05, 0) is 29.8 Å². The molecule has 0 radical (unpaired) electrons. The number of rotatable bonds is 1. The van der Waals surface area contributed by atoms with Crippen LogP contribution in [0.3, 0.4) is 0 Å². The van der Waals surface area contributed by atoms with Gasteiger partial charge in [-0.15, -0.1) is 0 Å². The topological polar surface area (TPSA) is 52.0 Å². The average Bonchev–Trinajstić information content (AvgIpc) is 2.22. The maximum absolute atomic E-state index is 5.88. The summed E-state index contributed by atoms with van der Waals surface area (Å²) in [5.74, 6) is 0. The molecule has 0 aliphatic rings. The normalized spacial score (nSPS) is 10.4. The van der Waals surface area contributed by atoms with Gasteiger partial charge in [0, 0.05) is 16.3 Å². The largest absolute Gasteiger partial charge is 0.398 e. The van der Waals surface area contributed by atoms with Crippen molar-refractivity contribution in [2.75, 3.05) is 11.5 Å². The Morgan fingerprint density at radius 2 is 1.56 bits per heavy atom. The fourth-order valence-corrected chi connectivity index (χ4v) is 1.81. The molecule has 0 aromatic heterocycles. The maximum Gasteiger partial charge on any atom is 0.0635 e. The van der Waals surface area contributed by atoms with Gasteiger partial charge in [0.1, 0.15) is 0 Å². The van der Waals surface area contributed by atoms with Gasteiger partial charge in [-0.1, -0.05) is 35.3 Å². The van der Waals surface area contributed by atoms with Crippen molar-refractivity contribution < 1.29 is 0 Å². The lowest BCUT2D eigenvalue weighted by Gasteiger charge is -2.07. The maximum atomic E-state index is 5.88. The molecule has 2 aromatic carbocycles. The lowest BCUT2D eigenvalue weighted by molar-refractivity contribution is 1.60. The first-order valence-corrected chi connectivity index (χ1v) is 5.44. The summed E-state index contributed by atoms with van der Waals surface area (Å²) >= 11 is 11.7. The smallest absolute Gasteiger partial charge is 0.0635 e. The molecule has 0 aliphatic heterocycles. The second-order valence-electron chi connectivity index (χ2n) is 3.47. The van der Waals surface area contributed by atoms with Crippen LogP contribution in [0.1, 0.15) is 0 Å². The van der Waals surface area contributed by atoms with Crippen LogP contribution in [0.2, 0.25) is 10.0 Å². The van der Waals surface area contributed by atoms with Crippen LogP contribution < -0.4 is 11.5 Å². The molecule has 4 heteroatoms. The Bertz CT molecular complexity index is 539. The Hall–Kier alpha value is -1.38. The summed E-state index contributed by atoms with van der Waals surface area (Å²) in [5, 5.41) is 1.15. The van der Waals surface area contributed by atoms with Gasteiger partial charge >= 0.3 is 0 Å². The number of benzene rings is 2. The number of nitrogens with two attached hydrogens (primary N) is 2. The van der Waals surface area contributed by atoms with Gasteiger partial charge in [0.2, 0.25) is 0 Å². The fourth-order valence-electron chi connectivity index (χ4n) is 1.51. The van der Waals surface area contributed by atoms with E-state index in [1.807, 2.05) is 12.1 Å². The predicted octanol–water partition coefficient (Wildman–Crippen LogP) is 3.82. The Morgan fingerprint density at radius 3 is 2.19 bits per heavy atom. The van der Waals surface area contributed by atoms with Crippen LogP contribution in [0.4, 0.5) is 11.4 Å². The number of halogens is 2. The summed E-state index contributed by atoms with van der Waals surface area (Å²) < 4.78 is 0. The Labute approximate surface area is 104 Å². The standard InChI is InChI=1S/C12H10Cl2N2/c13-8-2-3-9(11(15)6-8)7-1-4-10(14)12(16)5-7/h1-6H,15-16H2. The number of hydrogen-bond acceptors (Lipinski definition) is 2. The van der Waals surface area contributed by atoms with E-state index in [9.17, 15) is 0 Å². The molecule has 0 saturated carbocycles. The Morgan fingerprint density at radius 1 is 0.812 bits per heavy atom. The Kier molecular flexibility index (Phi) is 2.95. The third-order valence-electron chi connectivity index (χ3n) is 2.32. The zero-order valence-corrected chi connectivity index (χ0v) is 9.89. The fraction of sp³-hybridized carbons (Fsp3) is 0. The minimum Gasteiger partial charge on any atom is -0.398 e. The van der Waals surface area contributed by atoms with Gasteiger partial charge in [0.15, 0.2) is 0 Å². The van der Waals surface area contributed by atoms with Gasteiger partial charge in [0.05, 0.1) is 10.7 Å². The molecule has 0 fully saturated rings. The minimum absolute atomic E-state index is 0.536. The molecule has 0 unspecified atom stereocenters. The average molecular weight is 253 g/mol. The Balaban J connectivity index is 2.54. The number of hydrogen-bond donors (Lipinski definition) is 2. The van der Waals surface area contributed by atoms with Gasteiger partial charge in [-0.3, -0.25) is 0 Å². The molecule has 2 nitrogen and oxygen atoms in total. The highest BCUT2D eigenvalue weighted by Crippen LogP contribution is 2.31. The van der Waals surface area contributed by atoms with Crippen molar-refractivity contribution in [2.24, 2.45) is 0 Å². The molecule has 0 aliphatic carbocycles. The zero-order valence-electron chi connectivity index (χ0n) is 8.37. The van der Waals surface area contributed by atoms with Crippen molar-refractivity contribution in [1.29, 1.82) is 0 Å². The van der Waals surface area contributed by atoms with E-state index < -0.39 is 0 Å². The van der Waals surface area contributed by atoms with Crippen LogP contribution in [-0.4, -0.2) is 0 Å². The number of nitrogen functional groups attached to an aromatic ring is 2. The van der Waals surface area contributed by atoms with Crippen molar-refractivity contribution in [3.63, 3.8) is 0 Å². The van der Waals surface area contributed by atoms with Crippen molar-refractivity contribution >= 4 is 34.6 Å². The molecule has 2 aromatic rings. The highest BCUT2D eigenvalue weighted by Gasteiger charge is 2.05. The molecular formula is C12H10Cl2N2. The van der Waals surface area contributed by atoms with Crippen molar-refractivity contribution in [1.82, 2.24) is 0 Å². The summed E-state index contributed by atoms with van der Waals surface area (Å²) in [6, 6.07) is 10.8. The van der Waals surface area contributed by atoms with Gasteiger partial charge < -0.3 is 11.5 Å². The van der Waals surface area contributed by atoms with Crippen LogP contribution >= 0.6 is 23.2 Å². The van der Waals surface area contributed by atoms with E-state index >= 15 is 0 Å². The van der Waals surface area contributed by atoms with Gasteiger partial charge in [-0.25, -0.2) is 0 Å². The van der Waals surface area contributed by atoms with Crippen LogP contribution in [-0.2, 0) is 0 Å². The van der Waals surface area contributed by atoms with Crippen LogP contribution in [0.25, 0.3) is 11.1 Å². The molecule has 82 valence electrons. The second kappa shape index (κ2) is 4.24. The molecule has 0 saturated heterocycles. The van der Waals surface area contributed by atoms with Gasteiger partial charge in [-0.2, -0.15) is 0 Å². The molecule has 0 atom stereocenters. The molecule has 16 heavy (non-hydrogen) atoms. The lowest BCUT2D eigenvalue weighted by atomic mass is 10.0. The second-order valence-corrected chi connectivity index (χ2v) is 4.31. The summed E-state index contributed by atoms with van der Waals surface area (Å²) in [5.41, 5.74) is 14.6. The van der Waals surface area contributed by atoms with E-state index in [1.54, 1.807) is 24.3 Å². The molecule has 4 N–H and O–H groups in total. The van der Waals surface area contributed by atoms with E-state index in [1.165, 1.54) is 0 Å². The quantitative estimate of drug-likeness (QED) is 0.759. The molecule has 0 spiro atoms. The summed E-state index contributed by atoms with van der Waals surface area (Å²) in [6.45, 7) is 0. The molecule has 0 amide bonds. The van der Waals surface area contributed by atoms with E-state index in [-0.39, 0.29) is 0 Å².